The first-order valence-corrected chi connectivity index (χ1v) is 9.38. The van der Waals surface area contributed by atoms with Crippen LogP contribution in [0.5, 0.6) is 0 Å². The van der Waals surface area contributed by atoms with Crippen LogP contribution in [0.1, 0.15) is 48.3 Å². The third-order valence-corrected chi connectivity index (χ3v) is 5.37. The lowest BCUT2D eigenvalue weighted by Crippen LogP contribution is -2.42. The molecule has 4 rings (SSSR count). The van der Waals surface area contributed by atoms with E-state index in [0.717, 1.165) is 68.4 Å². The van der Waals surface area contributed by atoms with Gasteiger partial charge in [0.25, 0.3) is 0 Å². The molecule has 0 aromatic carbocycles. The van der Waals surface area contributed by atoms with Crippen LogP contribution < -0.4 is 5.32 Å². The van der Waals surface area contributed by atoms with E-state index >= 15 is 0 Å². The number of hydrogen-bond donors (Lipinski definition) is 1. The molecule has 1 aliphatic heterocycles. The molecule has 0 radical (unpaired) electrons. The molecule has 5 nitrogen and oxygen atoms in total. The summed E-state index contributed by atoms with van der Waals surface area (Å²) in [5.74, 6) is 5.57. The Balaban J connectivity index is 1.36. The monoisotopic (exact) mass is 344 g/mol. The van der Waals surface area contributed by atoms with Crippen molar-refractivity contribution in [2.45, 2.75) is 38.8 Å². The van der Waals surface area contributed by atoms with Gasteiger partial charge in [0.05, 0.1) is 25.8 Å². The number of furan rings is 2. The van der Waals surface area contributed by atoms with Crippen LogP contribution in [0.25, 0.3) is 0 Å². The molecule has 1 N–H and O–H groups in total. The van der Waals surface area contributed by atoms with Gasteiger partial charge in [0.15, 0.2) is 0 Å². The Morgan fingerprint density at radius 2 is 1.96 bits per heavy atom. The zero-order valence-corrected chi connectivity index (χ0v) is 15.2. The predicted molar refractivity (Wildman–Crippen MR) is 95.5 cm³/mol. The van der Waals surface area contributed by atoms with Gasteiger partial charge in [0.2, 0.25) is 0 Å². The summed E-state index contributed by atoms with van der Waals surface area (Å²) in [7, 11) is 0. The molecule has 3 heterocycles. The van der Waals surface area contributed by atoms with Gasteiger partial charge < -0.3 is 18.9 Å². The topological polar surface area (TPSA) is 50.8 Å². The fourth-order valence-electron chi connectivity index (χ4n) is 3.67. The van der Waals surface area contributed by atoms with E-state index in [2.05, 4.69) is 35.3 Å². The second-order valence-electron chi connectivity index (χ2n) is 7.37. The summed E-state index contributed by atoms with van der Waals surface area (Å²) in [6.07, 6.45) is 1.26. The van der Waals surface area contributed by atoms with Crippen LogP contribution in [0.15, 0.2) is 33.1 Å². The van der Waals surface area contributed by atoms with Crippen LogP contribution in [0, 0.1) is 12.8 Å². The lowest BCUT2D eigenvalue weighted by molar-refractivity contribution is 0.0114. The van der Waals surface area contributed by atoms with Gasteiger partial charge in [0, 0.05) is 25.6 Å². The molecule has 2 aromatic heterocycles. The molecule has 0 bridgehead atoms. The smallest absolute Gasteiger partial charge is 0.122 e. The minimum absolute atomic E-state index is 0.232. The fraction of sp³-hybridized carbons (Fsp3) is 0.600. The second kappa shape index (κ2) is 7.36. The van der Waals surface area contributed by atoms with Crippen LogP contribution in [0.3, 0.4) is 0 Å². The SMILES string of the molecule is Cc1ccc(C(CNCc2ccc(C3CC3C)o2)N2CCOCC2)o1. The molecule has 2 aromatic rings. The van der Waals surface area contributed by atoms with Gasteiger partial charge in [-0.05, 0) is 43.5 Å². The quantitative estimate of drug-likeness (QED) is 0.833. The van der Waals surface area contributed by atoms with Gasteiger partial charge in [-0.25, -0.2) is 0 Å². The second-order valence-corrected chi connectivity index (χ2v) is 7.37. The molecule has 0 amide bonds. The normalized spacial score (nSPS) is 25.2. The molecule has 5 heteroatoms. The molecule has 3 atom stereocenters. The highest BCUT2D eigenvalue weighted by Crippen LogP contribution is 2.47. The van der Waals surface area contributed by atoms with E-state index in [9.17, 15) is 0 Å². The van der Waals surface area contributed by atoms with E-state index < -0.39 is 0 Å². The molecule has 2 fully saturated rings. The number of rotatable bonds is 7. The van der Waals surface area contributed by atoms with Crippen molar-refractivity contribution < 1.29 is 13.6 Å². The van der Waals surface area contributed by atoms with Crippen molar-refractivity contribution in [1.29, 1.82) is 0 Å². The number of morpholine rings is 1. The summed E-state index contributed by atoms with van der Waals surface area (Å²) in [5, 5.41) is 3.55. The molecule has 136 valence electrons. The van der Waals surface area contributed by atoms with Crippen molar-refractivity contribution in [3.05, 3.63) is 47.3 Å². The minimum Gasteiger partial charge on any atom is -0.465 e. The number of ether oxygens (including phenoxy) is 1. The first kappa shape index (κ1) is 16.9. The maximum Gasteiger partial charge on any atom is 0.122 e. The summed E-state index contributed by atoms with van der Waals surface area (Å²) >= 11 is 0. The predicted octanol–water partition coefficient (Wildman–Crippen LogP) is 3.47. The van der Waals surface area contributed by atoms with E-state index in [-0.39, 0.29) is 6.04 Å². The summed E-state index contributed by atoms with van der Waals surface area (Å²) in [6, 6.07) is 8.61. The Labute approximate surface area is 149 Å². The largest absolute Gasteiger partial charge is 0.465 e. The van der Waals surface area contributed by atoms with E-state index in [1.165, 1.54) is 6.42 Å². The van der Waals surface area contributed by atoms with Gasteiger partial charge in [-0.15, -0.1) is 0 Å². The molecule has 25 heavy (non-hydrogen) atoms. The van der Waals surface area contributed by atoms with Gasteiger partial charge in [-0.2, -0.15) is 0 Å². The maximum atomic E-state index is 6.00. The first-order chi connectivity index (χ1) is 12.2. The Hall–Kier alpha value is -1.56. The third-order valence-electron chi connectivity index (χ3n) is 5.37. The Morgan fingerprint density at radius 1 is 1.16 bits per heavy atom. The first-order valence-electron chi connectivity index (χ1n) is 9.38. The zero-order chi connectivity index (χ0) is 17.2. The number of nitrogens with zero attached hydrogens (tertiary/aromatic N) is 1. The number of aryl methyl sites for hydroxylation is 1. The third kappa shape index (κ3) is 4.00. The summed E-state index contributed by atoms with van der Waals surface area (Å²) in [4.78, 5) is 2.44. The minimum atomic E-state index is 0.232. The van der Waals surface area contributed by atoms with Crippen LogP contribution in [0.2, 0.25) is 0 Å². The van der Waals surface area contributed by atoms with Crippen molar-refractivity contribution in [3.63, 3.8) is 0 Å². The van der Waals surface area contributed by atoms with E-state index in [1.54, 1.807) is 0 Å². The van der Waals surface area contributed by atoms with Gasteiger partial charge in [-0.3, -0.25) is 4.90 Å². The Morgan fingerprint density at radius 3 is 2.64 bits per heavy atom. The van der Waals surface area contributed by atoms with Crippen LogP contribution in [-0.2, 0) is 11.3 Å². The molecule has 2 aliphatic rings. The zero-order valence-electron chi connectivity index (χ0n) is 15.2. The summed E-state index contributed by atoms with van der Waals surface area (Å²) in [5.41, 5.74) is 0. The lowest BCUT2D eigenvalue weighted by atomic mass is 10.1. The van der Waals surface area contributed by atoms with Gasteiger partial charge in [0.1, 0.15) is 23.0 Å². The van der Waals surface area contributed by atoms with Crippen LogP contribution in [0.4, 0.5) is 0 Å². The van der Waals surface area contributed by atoms with E-state index in [4.69, 9.17) is 13.6 Å². The van der Waals surface area contributed by atoms with Crippen molar-refractivity contribution in [2.24, 2.45) is 5.92 Å². The molecule has 1 saturated heterocycles. The molecule has 0 spiro atoms. The molecular formula is C20H28N2O3. The molecule has 1 aliphatic carbocycles. The Kier molecular flexibility index (Phi) is 4.97. The average Bonchev–Trinajstić information content (AvgIpc) is 3.00. The van der Waals surface area contributed by atoms with Gasteiger partial charge >= 0.3 is 0 Å². The highest BCUT2D eigenvalue weighted by Gasteiger charge is 2.36. The standard InChI is InChI=1S/C20H28N2O3/c1-14-11-17(14)19-6-4-16(25-19)12-21-13-18(20-5-3-15(2)24-20)22-7-9-23-10-8-22/h3-6,14,17-18,21H,7-13H2,1-2H3. The van der Waals surface area contributed by atoms with Gasteiger partial charge in [-0.1, -0.05) is 6.92 Å². The van der Waals surface area contributed by atoms with Crippen molar-refractivity contribution in [1.82, 2.24) is 10.2 Å². The van der Waals surface area contributed by atoms with Crippen LogP contribution >= 0.6 is 0 Å². The summed E-state index contributed by atoms with van der Waals surface area (Å²) < 4.78 is 17.4. The Bertz CT molecular complexity index is 687. The summed E-state index contributed by atoms with van der Waals surface area (Å²) in [6.45, 7) is 9.33. The highest BCUT2D eigenvalue weighted by atomic mass is 16.5. The van der Waals surface area contributed by atoms with Crippen LogP contribution in [-0.4, -0.2) is 37.7 Å². The van der Waals surface area contributed by atoms with Crippen molar-refractivity contribution in [2.75, 3.05) is 32.8 Å². The number of nitrogens with one attached hydrogen (secondary N) is 1. The average molecular weight is 344 g/mol. The molecular weight excluding hydrogens is 316 g/mol. The van der Waals surface area contributed by atoms with E-state index in [0.29, 0.717) is 5.92 Å². The van der Waals surface area contributed by atoms with Crippen molar-refractivity contribution in [3.8, 4) is 0 Å². The van der Waals surface area contributed by atoms with Crippen molar-refractivity contribution >= 4 is 0 Å². The number of hydrogen-bond acceptors (Lipinski definition) is 5. The van der Waals surface area contributed by atoms with E-state index in [1.807, 2.05) is 13.0 Å². The lowest BCUT2D eigenvalue weighted by Gasteiger charge is -2.33. The fourth-order valence-corrected chi connectivity index (χ4v) is 3.67. The molecule has 3 unspecified atom stereocenters. The highest BCUT2D eigenvalue weighted by molar-refractivity contribution is 5.17. The maximum absolute atomic E-state index is 6.00. The molecule has 1 saturated carbocycles.